The van der Waals surface area contributed by atoms with Crippen molar-refractivity contribution in [3.05, 3.63) is 51.1 Å². The van der Waals surface area contributed by atoms with Gasteiger partial charge >= 0.3 is 5.97 Å². The third-order valence-electron chi connectivity index (χ3n) is 6.67. The number of nitrogens with zero attached hydrogens (tertiary/aromatic N) is 5. The number of carbonyl (C=O) groups is 1. The third kappa shape index (κ3) is 4.61. The number of aryl methyl sites for hydroxylation is 2. The number of hydrogen-bond donors (Lipinski definition) is 1. The number of nitrogens with one attached hydrogen (secondary N) is 1. The van der Waals surface area contributed by atoms with E-state index >= 15 is 0 Å². The lowest BCUT2D eigenvalue weighted by Gasteiger charge is -2.37. The number of pyridine rings is 1. The number of piperidine rings is 1. The molecule has 1 aromatic carbocycles. The minimum Gasteiger partial charge on any atom is -0.466 e. The zero-order chi connectivity index (χ0) is 24.6. The number of fused-ring (bicyclic) bond motifs is 1. The van der Waals surface area contributed by atoms with Crippen LogP contribution in [0, 0.1) is 19.8 Å². The molecule has 9 heteroatoms. The number of esters is 1. The Kier molecular flexibility index (Phi) is 6.58. The molecule has 1 N–H and O–H groups in total. The van der Waals surface area contributed by atoms with Crippen molar-refractivity contribution in [1.82, 2.24) is 30.1 Å². The molecule has 0 aliphatic carbocycles. The zero-order valence-electron chi connectivity index (χ0n) is 20.9. The zero-order valence-corrected chi connectivity index (χ0v) is 20.9. The van der Waals surface area contributed by atoms with Gasteiger partial charge in [0.2, 0.25) is 0 Å². The van der Waals surface area contributed by atoms with E-state index in [1.807, 2.05) is 46.8 Å². The number of carbonyl (C=O) groups excluding carboxylic acids is 1. The lowest BCUT2D eigenvalue weighted by Crippen LogP contribution is -2.43. The average molecular weight is 467 g/mol. The number of H-pyrrole nitrogens is 1. The highest BCUT2D eigenvalue weighted by molar-refractivity contribution is 5.81. The van der Waals surface area contributed by atoms with Gasteiger partial charge in [-0.05, 0) is 99.5 Å². The maximum Gasteiger partial charge on any atom is 0.309 e. The number of benzene rings is 1. The van der Waals surface area contributed by atoms with Gasteiger partial charge in [-0.1, -0.05) is 0 Å². The Morgan fingerprint density at radius 2 is 1.85 bits per heavy atom. The Hall–Kier alpha value is -3.07. The first-order valence-electron chi connectivity index (χ1n) is 11.9. The Labute approximate surface area is 199 Å². The molecule has 34 heavy (non-hydrogen) atoms. The van der Waals surface area contributed by atoms with Crippen LogP contribution in [0.3, 0.4) is 0 Å². The Morgan fingerprint density at radius 3 is 2.50 bits per heavy atom. The summed E-state index contributed by atoms with van der Waals surface area (Å²) in [7, 11) is 0. The lowest BCUT2D eigenvalue weighted by atomic mass is 9.93. The monoisotopic (exact) mass is 466 g/mol. The van der Waals surface area contributed by atoms with E-state index in [1.54, 1.807) is 4.68 Å². The Bertz CT molecular complexity index is 1250. The molecule has 9 nitrogen and oxygen atoms in total. The normalized spacial score (nSPS) is 16.6. The molecule has 2 aromatic heterocycles. The number of aromatic amines is 1. The average Bonchev–Trinajstić information content (AvgIpc) is 3.26. The van der Waals surface area contributed by atoms with Crippen molar-refractivity contribution in [2.75, 3.05) is 19.7 Å². The second-order valence-corrected chi connectivity index (χ2v) is 10.2. The SMILES string of the molecule is CCOC(=O)C1CCN(C(c2cc3cc(C)c(C)cc3[nH]c2=O)c2nnnn2C(C)(C)C)CC1. The summed E-state index contributed by atoms with van der Waals surface area (Å²) in [5.41, 5.74) is 3.19. The van der Waals surface area contributed by atoms with Gasteiger partial charge in [-0.25, -0.2) is 4.68 Å². The first-order valence-corrected chi connectivity index (χ1v) is 11.9. The molecule has 1 atom stereocenters. The fourth-order valence-corrected chi connectivity index (χ4v) is 4.69. The van der Waals surface area contributed by atoms with E-state index in [0.29, 0.717) is 43.9 Å². The van der Waals surface area contributed by atoms with E-state index < -0.39 is 6.04 Å². The van der Waals surface area contributed by atoms with Crippen LogP contribution < -0.4 is 5.56 Å². The first kappa shape index (κ1) is 24.1. The van der Waals surface area contributed by atoms with E-state index in [0.717, 1.165) is 22.0 Å². The van der Waals surface area contributed by atoms with Crippen LogP contribution in [0.15, 0.2) is 23.0 Å². The second kappa shape index (κ2) is 9.29. The quantitative estimate of drug-likeness (QED) is 0.575. The van der Waals surface area contributed by atoms with Crippen LogP contribution in [0.4, 0.5) is 0 Å². The van der Waals surface area contributed by atoms with E-state index in [4.69, 9.17) is 4.74 Å². The highest BCUT2D eigenvalue weighted by Gasteiger charge is 2.36. The van der Waals surface area contributed by atoms with Gasteiger partial charge in [0.1, 0.15) is 6.04 Å². The number of likely N-dealkylation sites (tertiary alicyclic amines) is 1. The van der Waals surface area contributed by atoms with Crippen LogP contribution in [-0.2, 0) is 15.1 Å². The van der Waals surface area contributed by atoms with Gasteiger partial charge < -0.3 is 9.72 Å². The molecule has 1 aliphatic heterocycles. The van der Waals surface area contributed by atoms with Crippen LogP contribution in [0.2, 0.25) is 0 Å². The van der Waals surface area contributed by atoms with Crippen molar-refractivity contribution in [1.29, 1.82) is 0 Å². The lowest BCUT2D eigenvalue weighted by molar-refractivity contribution is -0.149. The highest BCUT2D eigenvalue weighted by Crippen LogP contribution is 2.33. The van der Waals surface area contributed by atoms with E-state index in [2.05, 4.69) is 38.4 Å². The van der Waals surface area contributed by atoms with Crippen molar-refractivity contribution in [2.45, 2.75) is 66.0 Å². The van der Waals surface area contributed by atoms with Gasteiger partial charge in [-0.2, -0.15) is 0 Å². The topological polar surface area (TPSA) is 106 Å². The minimum atomic E-state index is -0.438. The van der Waals surface area contributed by atoms with Gasteiger partial charge in [0, 0.05) is 24.2 Å². The van der Waals surface area contributed by atoms with Gasteiger partial charge in [0.15, 0.2) is 5.82 Å². The van der Waals surface area contributed by atoms with Crippen LogP contribution >= 0.6 is 0 Å². The minimum absolute atomic E-state index is 0.129. The summed E-state index contributed by atoms with van der Waals surface area (Å²) in [4.78, 5) is 31.0. The number of aromatic nitrogens is 5. The molecule has 0 saturated carbocycles. The molecule has 0 amide bonds. The molecular weight excluding hydrogens is 432 g/mol. The highest BCUT2D eigenvalue weighted by atomic mass is 16.5. The Morgan fingerprint density at radius 1 is 1.18 bits per heavy atom. The second-order valence-electron chi connectivity index (χ2n) is 10.2. The molecule has 1 fully saturated rings. The van der Waals surface area contributed by atoms with E-state index in [1.165, 1.54) is 0 Å². The molecule has 0 spiro atoms. The fourth-order valence-electron chi connectivity index (χ4n) is 4.69. The molecular formula is C25H34N6O3. The summed E-state index contributed by atoms with van der Waals surface area (Å²) in [5, 5.41) is 13.6. The maximum atomic E-state index is 13.4. The fraction of sp³-hybridized carbons (Fsp3) is 0.560. The van der Waals surface area contributed by atoms with Crippen LogP contribution in [0.1, 0.15) is 69.1 Å². The number of ether oxygens (including phenoxy) is 1. The summed E-state index contributed by atoms with van der Waals surface area (Å²) in [6.45, 7) is 13.7. The summed E-state index contributed by atoms with van der Waals surface area (Å²) in [6.07, 6.45) is 1.33. The van der Waals surface area contributed by atoms with Crippen molar-refractivity contribution in [3.8, 4) is 0 Å². The third-order valence-corrected chi connectivity index (χ3v) is 6.67. The predicted molar refractivity (Wildman–Crippen MR) is 130 cm³/mol. The van der Waals surface area contributed by atoms with Crippen molar-refractivity contribution in [3.63, 3.8) is 0 Å². The molecule has 1 unspecified atom stereocenters. The number of rotatable bonds is 5. The molecule has 0 radical (unpaired) electrons. The van der Waals surface area contributed by atoms with Gasteiger partial charge in [-0.3, -0.25) is 14.5 Å². The molecule has 4 rings (SSSR count). The Balaban J connectivity index is 1.79. The molecule has 1 saturated heterocycles. The number of tetrazole rings is 1. The van der Waals surface area contributed by atoms with Crippen LogP contribution in [0.25, 0.3) is 10.9 Å². The summed E-state index contributed by atoms with van der Waals surface area (Å²) in [6, 6.07) is 5.63. The van der Waals surface area contributed by atoms with Gasteiger partial charge in [0.25, 0.3) is 5.56 Å². The number of hydrogen-bond acceptors (Lipinski definition) is 7. The molecule has 0 bridgehead atoms. The molecule has 1 aliphatic rings. The van der Waals surface area contributed by atoms with Crippen LogP contribution in [-0.4, -0.2) is 55.8 Å². The van der Waals surface area contributed by atoms with Gasteiger partial charge in [-0.15, -0.1) is 5.10 Å². The van der Waals surface area contributed by atoms with Crippen molar-refractivity contribution >= 4 is 16.9 Å². The summed E-state index contributed by atoms with van der Waals surface area (Å²) < 4.78 is 7.03. The van der Waals surface area contributed by atoms with Crippen molar-refractivity contribution < 1.29 is 9.53 Å². The standard InChI is InChI=1S/C25H34N6O3/c1-7-34-24(33)17-8-10-30(11-9-17)21(22-27-28-29-31(22)25(4,5)6)19-14-18-12-15(2)16(3)13-20(18)26-23(19)32/h12-14,17,21H,7-11H2,1-6H3,(H,26,32). The molecule has 182 valence electrons. The predicted octanol–water partition coefficient (Wildman–Crippen LogP) is 3.25. The first-order chi connectivity index (χ1) is 16.1. The van der Waals surface area contributed by atoms with E-state index in [9.17, 15) is 9.59 Å². The smallest absolute Gasteiger partial charge is 0.309 e. The summed E-state index contributed by atoms with van der Waals surface area (Å²) in [5.74, 6) is 0.347. The van der Waals surface area contributed by atoms with Crippen molar-refractivity contribution in [2.24, 2.45) is 5.92 Å². The van der Waals surface area contributed by atoms with Gasteiger partial charge in [0.05, 0.1) is 18.1 Å². The summed E-state index contributed by atoms with van der Waals surface area (Å²) >= 11 is 0. The largest absolute Gasteiger partial charge is 0.466 e. The molecule has 3 heterocycles. The maximum absolute atomic E-state index is 13.4. The molecule has 3 aromatic rings. The van der Waals surface area contributed by atoms with E-state index in [-0.39, 0.29) is 23.0 Å². The van der Waals surface area contributed by atoms with Crippen LogP contribution in [0.5, 0.6) is 0 Å².